The third-order valence-electron chi connectivity index (χ3n) is 3.20. The Bertz CT molecular complexity index is 607. The highest BCUT2D eigenvalue weighted by Crippen LogP contribution is 2.28. The van der Waals surface area contributed by atoms with E-state index in [1.807, 2.05) is 12.1 Å². The second kappa shape index (κ2) is 4.39. The van der Waals surface area contributed by atoms with Crippen LogP contribution in [0.1, 0.15) is 10.6 Å². The van der Waals surface area contributed by atoms with Gasteiger partial charge in [0.25, 0.3) is 0 Å². The molecular formula is C13H12ClNO3. The van der Waals surface area contributed by atoms with Crippen LogP contribution in [0, 0.1) is 5.92 Å². The summed E-state index contributed by atoms with van der Waals surface area (Å²) < 4.78 is 10.7. The summed E-state index contributed by atoms with van der Waals surface area (Å²) >= 11 is 6.01. The summed E-state index contributed by atoms with van der Waals surface area (Å²) in [6, 6.07) is 6.84. The molecule has 18 heavy (non-hydrogen) atoms. The molecule has 1 aliphatic rings. The van der Waals surface area contributed by atoms with Crippen LogP contribution in [0.15, 0.2) is 28.7 Å². The maximum Gasteiger partial charge on any atom is 0.205 e. The normalized spacial score (nSPS) is 23.7. The number of Topliss-reactive ketones (excluding diaryl/α,β-unsaturated/α-hetero) is 1. The van der Waals surface area contributed by atoms with E-state index in [1.165, 1.54) is 0 Å². The van der Waals surface area contributed by atoms with Gasteiger partial charge in [-0.05, 0) is 12.1 Å². The Morgan fingerprint density at radius 3 is 2.89 bits per heavy atom. The van der Waals surface area contributed by atoms with E-state index in [4.69, 9.17) is 26.5 Å². The van der Waals surface area contributed by atoms with Crippen LogP contribution >= 0.6 is 11.6 Å². The molecule has 3 rings (SSSR count). The summed E-state index contributed by atoms with van der Waals surface area (Å²) in [5, 5.41) is 1.32. The third-order valence-corrected chi connectivity index (χ3v) is 3.50. The van der Waals surface area contributed by atoms with Crippen molar-refractivity contribution in [2.75, 3.05) is 13.2 Å². The average molecular weight is 266 g/mol. The molecule has 0 bridgehead atoms. The number of furan rings is 1. The zero-order valence-electron chi connectivity index (χ0n) is 9.56. The molecule has 1 saturated heterocycles. The maximum absolute atomic E-state index is 12.2. The van der Waals surface area contributed by atoms with Crippen molar-refractivity contribution < 1.29 is 13.9 Å². The molecular weight excluding hydrogens is 254 g/mol. The highest BCUT2D eigenvalue weighted by atomic mass is 35.5. The quantitative estimate of drug-likeness (QED) is 0.846. The van der Waals surface area contributed by atoms with Crippen LogP contribution in [0.3, 0.4) is 0 Å². The zero-order chi connectivity index (χ0) is 12.7. The van der Waals surface area contributed by atoms with E-state index in [-0.39, 0.29) is 17.7 Å². The number of hydrogen-bond acceptors (Lipinski definition) is 4. The van der Waals surface area contributed by atoms with Crippen molar-refractivity contribution in [2.45, 2.75) is 6.04 Å². The Labute approximate surface area is 109 Å². The number of hydrogen-bond donors (Lipinski definition) is 1. The topological polar surface area (TPSA) is 65.5 Å². The van der Waals surface area contributed by atoms with Crippen molar-refractivity contribution in [1.82, 2.24) is 0 Å². The summed E-state index contributed by atoms with van der Waals surface area (Å²) in [4.78, 5) is 12.2. The number of fused-ring (bicyclic) bond motifs is 1. The number of ether oxygens (including phenoxy) is 1. The molecule has 0 amide bonds. The molecule has 2 aromatic rings. The zero-order valence-corrected chi connectivity index (χ0v) is 10.3. The smallest absolute Gasteiger partial charge is 0.205 e. The first-order valence-corrected chi connectivity index (χ1v) is 6.10. The van der Waals surface area contributed by atoms with Crippen LogP contribution in [0.25, 0.3) is 11.0 Å². The van der Waals surface area contributed by atoms with Crippen molar-refractivity contribution in [1.29, 1.82) is 0 Å². The van der Waals surface area contributed by atoms with Crippen molar-refractivity contribution in [2.24, 2.45) is 11.7 Å². The van der Waals surface area contributed by atoms with E-state index in [0.717, 1.165) is 5.39 Å². The van der Waals surface area contributed by atoms with Crippen molar-refractivity contribution >= 4 is 28.4 Å². The molecule has 1 aromatic heterocycles. The van der Waals surface area contributed by atoms with Gasteiger partial charge in [-0.2, -0.15) is 0 Å². The van der Waals surface area contributed by atoms with E-state index in [9.17, 15) is 4.79 Å². The predicted molar refractivity (Wildman–Crippen MR) is 67.8 cm³/mol. The molecule has 0 aliphatic carbocycles. The van der Waals surface area contributed by atoms with E-state index < -0.39 is 0 Å². The molecule has 2 N–H and O–H groups in total. The minimum Gasteiger partial charge on any atom is -0.451 e. The molecule has 0 spiro atoms. The molecule has 4 nitrogen and oxygen atoms in total. The molecule has 1 aromatic carbocycles. The summed E-state index contributed by atoms with van der Waals surface area (Å²) in [6.07, 6.45) is 0. The number of halogens is 1. The lowest BCUT2D eigenvalue weighted by Gasteiger charge is -2.09. The number of rotatable bonds is 2. The molecule has 94 valence electrons. The average Bonchev–Trinajstić information content (AvgIpc) is 2.95. The molecule has 2 atom stereocenters. The van der Waals surface area contributed by atoms with Crippen LogP contribution in [-0.2, 0) is 4.74 Å². The molecule has 1 aliphatic heterocycles. The number of benzene rings is 1. The lowest BCUT2D eigenvalue weighted by atomic mass is 9.97. The molecule has 5 heteroatoms. The number of para-hydroxylation sites is 1. The van der Waals surface area contributed by atoms with Gasteiger partial charge in [0.2, 0.25) is 5.78 Å². The van der Waals surface area contributed by atoms with Crippen molar-refractivity contribution in [3.63, 3.8) is 0 Å². The molecule has 2 unspecified atom stereocenters. The maximum atomic E-state index is 12.2. The van der Waals surface area contributed by atoms with Crippen LogP contribution in [0.4, 0.5) is 0 Å². The van der Waals surface area contributed by atoms with Gasteiger partial charge in [-0.1, -0.05) is 23.7 Å². The first kappa shape index (κ1) is 11.7. The van der Waals surface area contributed by atoms with Gasteiger partial charge < -0.3 is 14.9 Å². The standard InChI is InChI=1S/C13H12ClNO3/c14-9-3-1-2-7-4-11(18-13(7)9)12(16)8-5-17-6-10(8)15/h1-4,8,10H,5-6,15H2. The fraction of sp³-hybridized carbons (Fsp3) is 0.308. The first-order chi connectivity index (χ1) is 8.66. The van der Waals surface area contributed by atoms with Gasteiger partial charge in [0.15, 0.2) is 11.3 Å². The van der Waals surface area contributed by atoms with Crippen LogP contribution < -0.4 is 5.73 Å². The van der Waals surface area contributed by atoms with E-state index in [0.29, 0.717) is 29.6 Å². The van der Waals surface area contributed by atoms with Crippen molar-refractivity contribution in [3.8, 4) is 0 Å². The lowest BCUT2D eigenvalue weighted by Crippen LogP contribution is -2.33. The number of carbonyl (C=O) groups excluding carboxylic acids is 1. The fourth-order valence-corrected chi connectivity index (χ4v) is 2.39. The number of ketones is 1. The van der Waals surface area contributed by atoms with Gasteiger partial charge in [0.05, 0.1) is 24.2 Å². The Morgan fingerprint density at radius 2 is 2.22 bits per heavy atom. The Kier molecular flexibility index (Phi) is 2.86. The monoisotopic (exact) mass is 265 g/mol. The first-order valence-electron chi connectivity index (χ1n) is 5.72. The summed E-state index contributed by atoms with van der Waals surface area (Å²) in [5.41, 5.74) is 6.36. The molecule has 0 radical (unpaired) electrons. The summed E-state index contributed by atoms with van der Waals surface area (Å²) in [5.74, 6) is -0.152. The van der Waals surface area contributed by atoms with Crippen molar-refractivity contribution in [3.05, 3.63) is 35.0 Å². The SMILES string of the molecule is NC1COCC1C(=O)c1cc2cccc(Cl)c2o1. The van der Waals surface area contributed by atoms with Gasteiger partial charge in [-0.25, -0.2) is 0 Å². The van der Waals surface area contributed by atoms with Gasteiger partial charge in [-0.15, -0.1) is 0 Å². The number of carbonyl (C=O) groups is 1. The summed E-state index contributed by atoms with van der Waals surface area (Å²) in [7, 11) is 0. The van der Waals surface area contributed by atoms with E-state index in [2.05, 4.69) is 0 Å². The molecule has 0 saturated carbocycles. The minimum absolute atomic E-state index is 0.118. The second-order valence-corrected chi connectivity index (χ2v) is 4.85. The summed E-state index contributed by atoms with van der Waals surface area (Å²) in [6.45, 7) is 0.766. The Hall–Kier alpha value is -1.36. The third kappa shape index (κ3) is 1.82. The highest BCUT2D eigenvalue weighted by Gasteiger charge is 2.33. The Morgan fingerprint density at radius 1 is 1.39 bits per heavy atom. The predicted octanol–water partition coefficient (Wildman–Crippen LogP) is 2.24. The highest BCUT2D eigenvalue weighted by molar-refractivity contribution is 6.34. The van der Waals surface area contributed by atoms with E-state index in [1.54, 1.807) is 12.1 Å². The van der Waals surface area contributed by atoms with Gasteiger partial charge in [0, 0.05) is 11.4 Å². The number of nitrogens with two attached hydrogens (primary N) is 1. The van der Waals surface area contributed by atoms with Gasteiger partial charge >= 0.3 is 0 Å². The van der Waals surface area contributed by atoms with Gasteiger partial charge in [-0.3, -0.25) is 4.79 Å². The van der Waals surface area contributed by atoms with Crippen LogP contribution in [0.5, 0.6) is 0 Å². The van der Waals surface area contributed by atoms with E-state index >= 15 is 0 Å². The van der Waals surface area contributed by atoms with Gasteiger partial charge in [0.1, 0.15) is 0 Å². The van der Waals surface area contributed by atoms with Crippen LogP contribution in [0.2, 0.25) is 5.02 Å². The second-order valence-electron chi connectivity index (χ2n) is 4.44. The largest absolute Gasteiger partial charge is 0.451 e. The van der Waals surface area contributed by atoms with Crippen LogP contribution in [-0.4, -0.2) is 25.0 Å². The molecule has 1 fully saturated rings. The molecule has 2 heterocycles. The minimum atomic E-state index is -0.329. The lowest BCUT2D eigenvalue weighted by molar-refractivity contribution is 0.0870. The fourth-order valence-electron chi connectivity index (χ4n) is 2.17. The Balaban J connectivity index is 1.99.